The molecule has 0 aromatic heterocycles. The fraction of sp³-hybridized carbons (Fsp3) is 0.538. The number of hydrogen-bond donors (Lipinski definition) is 1. The molecule has 0 aliphatic rings. The van der Waals surface area contributed by atoms with Crippen molar-refractivity contribution >= 4 is 15.5 Å². The number of para-hydroxylation sites is 1. The SMILES string of the molecule is CC(C)(C)[SiH2]OC(C)(C)c1ccccc1N. The second-order valence-electron chi connectivity index (χ2n) is 5.95. The number of hydrogen-bond acceptors (Lipinski definition) is 2. The largest absolute Gasteiger partial charge is 0.414 e. The van der Waals surface area contributed by atoms with Gasteiger partial charge >= 0.3 is 0 Å². The first kappa shape index (κ1) is 13.3. The Morgan fingerprint density at radius 2 is 1.62 bits per heavy atom. The molecule has 0 fully saturated rings. The van der Waals surface area contributed by atoms with Gasteiger partial charge in [-0.15, -0.1) is 0 Å². The summed E-state index contributed by atoms with van der Waals surface area (Å²) in [5.74, 6) is 0. The lowest BCUT2D eigenvalue weighted by Gasteiger charge is -2.31. The first-order chi connectivity index (χ1) is 7.22. The van der Waals surface area contributed by atoms with Crippen LogP contribution in [0.3, 0.4) is 0 Å². The molecule has 3 heteroatoms. The van der Waals surface area contributed by atoms with Gasteiger partial charge in [-0.05, 0) is 25.0 Å². The van der Waals surface area contributed by atoms with Gasteiger partial charge in [-0.2, -0.15) is 0 Å². The zero-order chi connectivity index (χ0) is 12.4. The summed E-state index contributed by atoms with van der Waals surface area (Å²) in [6.45, 7) is 10.9. The lowest BCUT2D eigenvalue weighted by Crippen LogP contribution is -2.28. The van der Waals surface area contributed by atoms with E-state index in [1.54, 1.807) is 0 Å². The van der Waals surface area contributed by atoms with Crippen LogP contribution in [0.15, 0.2) is 24.3 Å². The monoisotopic (exact) mass is 237 g/mol. The van der Waals surface area contributed by atoms with Crippen LogP contribution < -0.4 is 5.73 Å². The summed E-state index contributed by atoms with van der Waals surface area (Å²) in [6.07, 6.45) is 0. The molecule has 0 saturated carbocycles. The summed E-state index contributed by atoms with van der Waals surface area (Å²) < 4.78 is 6.12. The molecule has 0 aliphatic carbocycles. The highest BCUT2D eigenvalue weighted by Crippen LogP contribution is 2.32. The normalized spacial score (nSPS) is 13.6. The number of nitrogens with two attached hydrogens (primary N) is 1. The van der Waals surface area contributed by atoms with Crippen LogP contribution in [0.25, 0.3) is 0 Å². The van der Waals surface area contributed by atoms with Gasteiger partial charge in [0.1, 0.15) is 0 Å². The van der Waals surface area contributed by atoms with E-state index in [0.717, 1.165) is 11.3 Å². The maximum atomic E-state index is 6.12. The Morgan fingerprint density at radius 1 is 1.06 bits per heavy atom. The van der Waals surface area contributed by atoms with Crippen LogP contribution in [0, 0.1) is 0 Å². The zero-order valence-electron chi connectivity index (χ0n) is 11.0. The Bertz CT molecular complexity index is 355. The smallest absolute Gasteiger partial charge is 0.168 e. The highest BCUT2D eigenvalue weighted by Gasteiger charge is 2.25. The van der Waals surface area contributed by atoms with Gasteiger partial charge in [0, 0.05) is 11.3 Å². The Labute approximate surface area is 101 Å². The van der Waals surface area contributed by atoms with E-state index >= 15 is 0 Å². The van der Waals surface area contributed by atoms with Crippen molar-refractivity contribution in [2.24, 2.45) is 0 Å². The van der Waals surface area contributed by atoms with E-state index in [4.69, 9.17) is 10.2 Å². The van der Waals surface area contributed by atoms with Crippen LogP contribution >= 0.6 is 0 Å². The second-order valence-corrected chi connectivity index (χ2v) is 8.65. The summed E-state index contributed by atoms with van der Waals surface area (Å²) in [4.78, 5) is 0. The van der Waals surface area contributed by atoms with E-state index in [1.165, 1.54) is 0 Å². The van der Waals surface area contributed by atoms with Crippen LogP contribution in [0.5, 0.6) is 0 Å². The van der Waals surface area contributed by atoms with E-state index in [0.29, 0.717) is 5.04 Å². The average Bonchev–Trinajstić information content (AvgIpc) is 2.14. The number of benzene rings is 1. The maximum absolute atomic E-state index is 6.12. The third kappa shape index (κ3) is 3.65. The fourth-order valence-electron chi connectivity index (χ4n) is 1.52. The third-order valence-electron chi connectivity index (χ3n) is 2.48. The quantitative estimate of drug-likeness (QED) is 0.648. The highest BCUT2D eigenvalue weighted by atomic mass is 28.2. The topological polar surface area (TPSA) is 35.2 Å². The summed E-state index contributed by atoms with van der Waals surface area (Å²) in [7, 11) is -0.570. The van der Waals surface area contributed by atoms with Crippen LogP contribution in [0.2, 0.25) is 5.04 Å². The minimum Gasteiger partial charge on any atom is -0.414 e. The molecule has 0 heterocycles. The molecule has 1 aromatic carbocycles. The molecule has 0 aliphatic heterocycles. The molecule has 2 nitrogen and oxygen atoms in total. The fourth-order valence-corrected chi connectivity index (χ4v) is 2.47. The standard InChI is InChI=1S/C13H23NOSi/c1-12(2,3)16-15-13(4,5)10-8-6-7-9-11(10)14/h6-9H,14,16H2,1-5H3. The third-order valence-corrected chi connectivity index (χ3v) is 4.21. The lowest BCUT2D eigenvalue weighted by atomic mass is 9.97. The summed E-state index contributed by atoms with van der Waals surface area (Å²) in [5.41, 5.74) is 7.61. The maximum Gasteiger partial charge on any atom is 0.168 e. The average molecular weight is 237 g/mol. The molecule has 16 heavy (non-hydrogen) atoms. The van der Waals surface area contributed by atoms with Gasteiger partial charge in [0.25, 0.3) is 0 Å². The van der Waals surface area contributed by atoms with Crippen molar-refractivity contribution in [2.45, 2.75) is 45.3 Å². The highest BCUT2D eigenvalue weighted by molar-refractivity contribution is 6.31. The molecule has 0 saturated heterocycles. The van der Waals surface area contributed by atoms with Gasteiger partial charge in [0.15, 0.2) is 9.76 Å². The molecule has 90 valence electrons. The summed E-state index contributed by atoms with van der Waals surface area (Å²) in [6, 6.07) is 7.94. The van der Waals surface area contributed by atoms with Crippen molar-refractivity contribution in [3.05, 3.63) is 29.8 Å². The molecule has 1 rings (SSSR count). The molecular weight excluding hydrogens is 214 g/mol. The zero-order valence-corrected chi connectivity index (χ0v) is 12.4. The van der Waals surface area contributed by atoms with Gasteiger partial charge in [0.2, 0.25) is 0 Å². The van der Waals surface area contributed by atoms with E-state index < -0.39 is 9.76 Å². The molecule has 0 bridgehead atoms. The van der Waals surface area contributed by atoms with Crippen molar-refractivity contribution in [3.8, 4) is 0 Å². The molecule has 0 radical (unpaired) electrons. The predicted octanol–water partition coefficient (Wildman–Crippen LogP) is 2.82. The molecular formula is C13H23NOSi. The van der Waals surface area contributed by atoms with E-state index in [9.17, 15) is 0 Å². The molecule has 2 N–H and O–H groups in total. The number of anilines is 1. The lowest BCUT2D eigenvalue weighted by molar-refractivity contribution is 0.110. The van der Waals surface area contributed by atoms with Crippen LogP contribution in [0.1, 0.15) is 40.2 Å². The molecule has 0 unspecified atom stereocenters. The summed E-state index contributed by atoms with van der Waals surface area (Å²) >= 11 is 0. The summed E-state index contributed by atoms with van der Waals surface area (Å²) in [5, 5.41) is 0.306. The second kappa shape index (κ2) is 4.59. The van der Waals surface area contributed by atoms with Gasteiger partial charge in [-0.25, -0.2) is 0 Å². The van der Waals surface area contributed by atoms with Crippen molar-refractivity contribution in [1.29, 1.82) is 0 Å². The molecule has 1 aromatic rings. The number of nitrogen functional groups attached to an aromatic ring is 1. The Balaban J connectivity index is 2.82. The van der Waals surface area contributed by atoms with Gasteiger partial charge in [0.05, 0.1) is 5.60 Å². The molecule has 0 spiro atoms. The van der Waals surface area contributed by atoms with Gasteiger partial charge in [-0.1, -0.05) is 39.0 Å². The minimum atomic E-state index is -0.570. The van der Waals surface area contributed by atoms with Crippen molar-refractivity contribution in [2.75, 3.05) is 5.73 Å². The van der Waals surface area contributed by atoms with E-state index in [1.807, 2.05) is 24.3 Å². The van der Waals surface area contributed by atoms with E-state index in [-0.39, 0.29) is 5.60 Å². The number of rotatable bonds is 3. The molecule has 0 amide bonds. The van der Waals surface area contributed by atoms with Crippen molar-refractivity contribution in [1.82, 2.24) is 0 Å². The Kier molecular flexibility index (Phi) is 3.81. The van der Waals surface area contributed by atoms with E-state index in [2.05, 4.69) is 34.6 Å². The Morgan fingerprint density at radius 3 is 2.12 bits per heavy atom. The first-order valence-electron chi connectivity index (χ1n) is 5.71. The van der Waals surface area contributed by atoms with Crippen LogP contribution in [-0.4, -0.2) is 9.76 Å². The van der Waals surface area contributed by atoms with Crippen molar-refractivity contribution < 1.29 is 4.43 Å². The van der Waals surface area contributed by atoms with Crippen LogP contribution in [-0.2, 0) is 10.0 Å². The van der Waals surface area contributed by atoms with Gasteiger partial charge < -0.3 is 10.2 Å². The van der Waals surface area contributed by atoms with Crippen LogP contribution in [0.4, 0.5) is 5.69 Å². The minimum absolute atomic E-state index is 0.273. The first-order valence-corrected chi connectivity index (χ1v) is 7.00. The predicted molar refractivity (Wildman–Crippen MR) is 73.2 cm³/mol. The van der Waals surface area contributed by atoms with Crippen molar-refractivity contribution in [3.63, 3.8) is 0 Å². The molecule has 0 atom stereocenters. The Hall–Kier alpha value is -0.803. The van der Waals surface area contributed by atoms with Gasteiger partial charge in [-0.3, -0.25) is 0 Å².